The molecule has 3 atom stereocenters. The Labute approximate surface area is 109 Å². The minimum atomic E-state index is -3.86. The summed E-state index contributed by atoms with van der Waals surface area (Å²) < 4.78 is 28.1. The Morgan fingerprint density at radius 3 is 2.89 bits per heavy atom. The second-order valence-electron chi connectivity index (χ2n) is 4.43. The standard InChI is InChI=1S/C12H23O5P/c1-4-10(3)17-18(13,14)12(5-2)16-11-7-6-8-15-9-11/h5,10-11H,4,6-9H2,1-3H3,(H,13,14). The molecule has 5 nitrogen and oxygen atoms in total. The van der Waals surface area contributed by atoms with Crippen LogP contribution in [-0.2, 0) is 18.6 Å². The van der Waals surface area contributed by atoms with Crippen molar-refractivity contribution in [3.05, 3.63) is 11.6 Å². The molecule has 1 saturated heterocycles. The lowest BCUT2D eigenvalue weighted by atomic mass is 10.2. The van der Waals surface area contributed by atoms with E-state index in [9.17, 15) is 9.46 Å². The van der Waals surface area contributed by atoms with E-state index in [-0.39, 0.29) is 17.7 Å². The zero-order valence-corrected chi connectivity index (χ0v) is 12.2. The van der Waals surface area contributed by atoms with Gasteiger partial charge in [-0.2, -0.15) is 0 Å². The maximum atomic E-state index is 12.1. The molecule has 0 aromatic heterocycles. The van der Waals surface area contributed by atoms with Crippen LogP contribution in [0.2, 0.25) is 0 Å². The maximum absolute atomic E-state index is 12.1. The van der Waals surface area contributed by atoms with Gasteiger partial charge in [0.15, 0.2) is 0 Å². The van der Waals surface area contributed by atoms with E-state index in [0.29, 0.717) is 13.0 Å². The fourth-order valence-corrected chi connectivity index (χ4v) is 2.99. The Morgan fingerprint density at radius 1 is 1.67 bits per heavy atom. The fraction of sp³-hybridized carbons (Fsp3) is 0.833. The molecule has 0 radical (unpaired) electrons. The van der Waals surface area contributed by atoms with Gasteiger partial charge in [-0.05, 0) is 39.2 Å². The Bertz CT molecular complexity index is 322. The van der Waals surface area contributed by atoms with Gasteiger partial charge in [-0.1, -0.05) is 6.92 Å². The molecule has 1 fully saturated rings. The highest BCUT2D eigenvalue weighted by Crippen LogP contribution is 2.53. The van der Waals surface area contributed by atoms with Gasteiger partial charge in [0.2, 0.25) is 5.50 Å². The summed E-state index contributed by atoms with van der Waals surface area (Å²) in [5, 5.41) is 0. The third-order valence-electron chi connectivity index (χ3n) is 2.83. The molecule has 0 aliphatic carbocycles. The van der Waals surface area contributed by atoms with Gasteiger partial charge in [0.05, 0.1) is 12.7 Å². The number of hydrogen-bond acceptors (Lipinski definition) is 4. The molecule has 1 aliphatic rings. The lowest BCUT2D eigenvalue weighted by Crippen LogP contribution is -2.25. The SMILES string of the molecule is CC=C(OC1CCCOC1)P(=O)(O)OC(C)CC. The third-order valence-corrected chi connectivity index (χ3v) is 4.40. The smallest absolute Gasteiger partial charge is 0.393 e. The molecule has 3 unspecified atom stereocenters. The fourth-order valence-electron chi connectivity index (χ4n) is 1.64. The van der Waals surface area contributed by atoms with Gasteiger partial charge in [0.1, 0.15) is 6.10 Å². The first-order valence-electron chi connectivity index (χ1n) is 6.42. The van der Waals surface area contributed by atoms with Crippen molar-refractivity contribution in [2.45, 2.75) is 52.2 Å². The van der Waals surface area contributed by atoms with E-state index in [2.05, 4.69) is 0 Å². The van der Waals surface area contributed by atoms with Gasteiger partial charge >= 0.3 is 7.60 Å². The van der Waals surface area contributed by atoms with E-state index in [1.54, 1.807) is 13.8 Å². The third kappa shape index (κ3) is 4.73. The normalized spacial score (nSPS) is 26.4. The molecule has 6 heteroatoms. The van der Waals surface area contributed by atoms with Crippen molar-refractivity contribution >= 4 is 7.60 Å². The number of hydrogen-bond donors (Lipinski definition) is 1. The Hall–Kier alpha value is -0.350. The minimum Gasteiger partial charge on any atom is -0.480 e. The summed E-state index contributed by atoms with van der Waals surface area (Å²) in [4.78, 5) is 9.91. The van der Waals surface area contributed by atoms with Crippen LogP contribution in [0.3, 0.4) is 0 Å². The lowest BCUT2D eigenvalue weighted by Gasteiger charge is -2.26. The van der Waals surface area contributed by atoms with Crippen molar-refractivity contribution in [3.63, 3.8) is 0 Å². The second kappa shape index (κ2) is 7.29. The van der Waals surface area contributed by atoms with Crippen molar-refractivity contribution in [2.24, 2.45) is 0 Å². The molecule has 1 heterocycles. The van der Waals surface area contributed by atoms with Crippen LogP contribution in [0.1, 0.15) is 40.0 Å². The van der Waals surface area contributed by atoms with E-state index >= 15 is 0 Å². The molecular weight excluding hydrogens is 255 g/mol. The highest BCUT2D eigenvalue weighted by atomic mass is 31.2. The van der Waals surface area contributed by atoms with Crippen LogP contribution in [0, 0.1) is 0 Å². The molecular formula is C12H23O5P. The van der Waals surface area contributed by atoms with E-state index in [4.69, 9.17) is 14.0 Å². The minimum absolute atomic E-state index is 0.0262. The molecule has 0 aromatic rings. The van der Waals surface area contributed by atoms with E-state index < -0.39 is 7.60 Å². The van der Waals surface area contributed by atoms with E-state index in [0.717, 1.165) is 19.4 Å². The molecule has 0 aromatic carbocycles. The quantitative estimate of drug-likeness (QED) is 0.597. The van der Waals surface area contributed by atoms with Gasteiger partial charge in [-0.15, -0.1) is 0 Å². The topological polar surface area (TPSA) is 65.0 Å². The first kappa shape index (κ1) is 15.7. The molecule has 106 valence electrons. The average Bonchev–Trinajstić information content (AvgIpc) is 2.36. The van der Waals surface area contributed by atoms with Crippen LogP contribution in [0.4, 0.5) is 0 Å². The summed E-state index contributed by atoms with van der Waals surface area (Å²) in [5.41, 5.74) is 0.0262. The highest BCUT2D eigenvalue weighted by molar-refractivity contribution is 7.57. The summed E-state index contributed by atoms with van der Waals surface area (Å²) in [7, 11) is -3.86. The molecule has 1 aliphatic heterocycles. The predicted molar refractivity (Wildman–Crippen MR) is 69.3 cm³/mol. The average molecular weight is 278 g/mol. The zero-order valence-electron chi connectivity index (χ0n) is 11.3. The summed E-state index contributed by atoms with van der Waals surface area (Å²) in [6.45, 7) is 6.52. The van der Waals surface area contributed by atoms with Crippen LogP contribution < -0.4 is 0 Å². The molecule has 0 saturated carbocycles. The Kier molecular flexibility index (Phi) is 6.36. The number of ether oxygens (including phenoxy) is 2. The van der Waals surface area contributed by atoms with Gasteiger partial charge in [0.25, 0.3) is 0 Å². The first-order chi connectivity index (χ1) is 8.49. The monoisotopic (exact) mass is 278 g/mol. The van der Waals surface area contributed by atoms with Crippen molar-refractivity contribution in [1.29, 1.82) is 0 Å². The molecule has 0 bridgehead atoms. The van der Waals surface area contributed by atoms with Gasteiger partial charge in [0, 0.05) is 6.61 Å². The van der Waals surface area contributed by atoms with Gasteiger partial charge in [-0.3, -0.25) is 4.57 Å². The van der Waals surface area contributed by atoms with Crippen molar-refractivity contribution in [1.82, 2.24) is 0 Å². The summed E-state index contributed by atoms with van der Waals surface area (Å²) in [6, 6.07) is 0. The molecule has 0 spiro atoms. The maximum Gasteiger partial charge on any atom is 0.393 e. The van der Waals surface area contributed by atoms with Crippen molar-refractivity contribution in [3.8, 4) is 0 Å². The van der Waals surface area contributed by atoms with Crippen LogP contribution in [0.15, 0.2) is 11.6 Å². The van der Waals surface area contributed by atoms with Crippen LogP contribution >= 0.6 is 7.60 Å². The zero-order chi connectivity index (χ0) is 13.6. The Morgan fingerprint density at radius 2 is 2.39 bits per heavy atom. The molecule has 1 rings (SSSR count). The van der Waals surface area contributed by atoms with Gasteiger partial charge < -0.3 is 18.9 Å². The second-order valence-corrected chi connectivity index (χ2v) is 6.12. The van der Waals surface area contributed by atoms with E-state index in [1.165, 1.54) is 6.08 Å². The summed E-state index contributed by atoms with van der Waals surface area (Å²) >= 11 is 0. The van der Waals surface area contributed by atoms with Crippen LogP contribution in [0.5, 0.6) is 0 Å². The number of rotatable bonds is 6. The van der Waals surface area contributed by atoms with Crippen LogP contribution in [0.25, 0.3) is 0 Å². The first-order valence-corrected chi connectivity index (χ1v) is 7.99. The molecule has 0 amide bonds. The lowest BCUT2D eigenvalue weighted by molar-refractivity contribution is -0.0201. The van der Waals surface area contributed by atoms with Gasteiger partial charge in [-0.25, -0.2) is 0 Å². The van der Waals surface area contributed by atoms with Crippen LogP contribution in [-0.4, -0.2) is 30.3 Å². The summed E-state index contributed by atoms with van der Waals surface area (Å²) in [5.74, 6) is 0. The van der Waals surface area contributed by atoms with E-state index in [1.807, 2.05) is 6.92 Å². The highest BCUT2D eigenvalue weighted by Gasteiger charge is 2.31. The van der Waals surface area contributed by atoms with Crippen molar-refractivity contribution < 1.29 is 23.5 Å². The predicted octanol–water partition coefficient (Wildman–Crippen LogP) is 3.04. The molecule has 1 N–H and O–H groups in total. The summed E-state index contributed by atoms with van der Waals surface area (Å²) in [6.07, 6.45) is 3.48. The largest absolute Gasteiger partial charge is 0.480 e. The van der Waals surface area contributed by atoms with Crippen molar-refractivity contribution in [2.75, 3.05) is 13.2 Å². The number of allylic oxidation sites excluding steroid dienone is 1. The Balaban J connectivity index is 2.61. The molecule has 18 heavy (non-hydrogen) atoms.